The molecule has 0 saturated heterocycles. The van der Waals surface area contributed by atoms with E-state index in [-0.39, 0.29) is 23.7 Å². The molecule has 2 aromatic heterocycles. The molecule has 0 aliphatic carbocycles. The Bertz CT molecular complexity index is 1220. The molecule has 0 atom stereocenters. The fraction of sp³-hybridized carbons (Fsp3) is 0.167. The summed E-state index contributed by atoms with van der Waals surface area (Å²) in [4.78, 5) is 42.3. The summed E-state index contributed by atoms with van der Waals surface area (Å²) in [6.45, 7) is 7.39. The lowest BCUT2D eigenvalue weighted by atomic mass is 10.0. The summed E-state index contributed by atoms with van der Waals surface area (Å²) >= 11 is 0. The van der Waals surface area contributed by atoms with E-state index in [1.54, 1.807) is 36.4 Å². The Kier molecular flexibility index (Phi) is 5.59. The van der Waals surface area contributed by atoms with Crippen molar-refractivity contribution in [2.45, 2.75) is 27.7 Å². The van der Waals surface area contributed by atoms with Gasteiger partial charge in [-0.15, -0.1) is 0 Å². The molecule has 160 valence electrons. The van der Waals surface area contributed by atoms with Gasteiger partial charge in [0.25, 0.3) is 11.8 Å². The van der Waals surface area contributed by atoms with E-state index >= 15 is 0 Å². The number of carbonyl (C=O) groups excluding carboxylic acids is 2. The first-order valence-corrected chi connectivity index (χ1v) is 10.1. The number of aromatic nitrogens is 4. The zero-order valence-corrected chi connectivity index (χ0v) is 18.2. The molecule has 2 aromatic carbocycles. The van der Waals surface area contributed by atoms with Gasteiger partial charge in [-0.3, -0.25) is 20.2 Å². The average Bonchev–Trinajstić information content (AvgIpc) is 2.71. The van der Waals surface area contributed by atoms with Gasteiger partial charge in [0.05, 0.1) is 0 Å². The minimum absolute atomic E-state index is 0.272. The second kappa shape index (κ2) is 8.50. The smallest absolute Gasteiger partial charge is 0.258 e. The third-order valence-corrected chi connectivity index (χ3v) is 4.78. The third kappa shape index (κ3) is 4.75. The lowest BCUT2D eigenvalue weighted by Gasteiger charge is -2.08. The first-order valence-electron chi connectivity index (χ1n) is 10.1. The molecule has 2 amide bonds. The highest BCUT2D eigenvalue weighted by Crippen LogP contribution is 2.20. The minimum atomic E-state index is -0.300. The first-order chi connectivity index (χ1) is 15.3. The Morgan fingerprint density at radius 1 is 0.562 bits per heavy atom. The summed E-state index contributed by atoms with van der Waals surface area (Å²) in [5.41, 5.74) is 4.07. The van der Waals surface area contributed by atoms with Gasteiger partial charge in [0.15, 0.2) is 0 Å². The van der Waals surface area contributed by atoms with Crippen molar-refractivity contribution in [3.05, 3.63) is 82.4 Å². The summed E-state index contributed by atoms with van der Waals surface area (Å²) in [5.74, 6) is -0.0576. The fourth-order valence-electron chi connectivity index (χ4n) is 3.44. The van der Waals surface area contributed by atoms with Gasteiger partial charge in [-0.1, -0.05) is 12.1 Å². The normalized spacial score (nSPS) is 10.8. The standard InChI is InChI=1S/C24H22N6O2/c1-13-9-14(2)26-23(25-13)29-21(31)19-7-5-18-12-20(8-6-17(18)11-19)22(32)30-24-27-15(3)10-16(4)28-24/h5-12H,1-4H3,(H,25,26,29,31)(H,27,28,30,32). The van der Waals surface area contributed by atoms with Gasteiger partial charge in [0, 0.05) is 33.9 Å². The van der Waals surface area contributed by atoms with Crippen molar-refractivity contribution in [1.82, 2.24) is 19.9 Å². The van der Waals surface area contributed by atoms with E-state index in [1.807, 2.05) is 39.8 Å². The number of benzene rings is 2. The first kappa shape index (κ1) is 21.0. The molecule has 0 aliphatic heterocycles. The second-order valence-corrected chi connectivity index (χ2v) is 7.63. The largest absolute Gasteiger partial charge is 0.290 e. The number of nitrogens with one attached hydrogen (secondary N) is 2. The molecule has 0 radical (unpaired) electrons. The highest BCUT2D eigenvalue weighted by molar-refractivity contribution is 6.08. The predicted octanol–water partition coefficient (Wildman–Crippen LogP) is 4.16. The second-order valence-electron chi connectivity index (χ2n) is 7.63. The van der Waals surface area contributed by atoms with Crippen molar-refractivity contribution in [3.8, 4) is 0 Å². The summed E-state index contributed by atoms with van der Waals surface area (Å²) in [7, 11) is 0. The number of carbonyl (C=O) groups is 2. The fourth-order valence-corrected chi connectivity index (χ4v) is 3.44. The minimum Gasteiger partial charge on any atom is -0.290 e. The molecule has 8 heteroatoms. The Morgan fingerprint density at radius 2 is 0.906 bits per heavy atom. The molecular formula is C24H22N6O2. The SMILES string of the molecule is Cc1cc(C)nc(NC(=O)c2ccc3cc(C(=O)Nc4nc(C)cc(C)n4)ccc3c2)n1. The summed E-state index contributed by atoms with van der Waals surface area (Å²) in [6.07, 6.45) is 0. The molecule has 0 spiro atoms. The van der Waals surface area contributed by atoms with Crippen LogP contribution in [0.4, 0.5) is 11.9 Å². The van der Waals surface area contributed by atoms with Crippen LogP contribution >= 0.6 is 0 Å². The molecule has 32 heavy (non-hydrogen) atoms. The number of rotatable bonds is 4. The van der Waals surface area contributed by atoms with Crippen molar-refractivity contribution in [1.29, 1.82) is 0 Å². The number of fused-ring (bicyclic) bond motifs is 1. The van der Waals surface area contributed by atoms with E-state index < -0.39 is 0 Å². The quantitative estimate of drug-likeness (QED) is 0.507. The van der Waals surface area contributed by atoms with Crippen LogP contribution in [-0.2, 0) is 0 Å². The zero-order chi connectivity index (χ0) is 22.8. The van der Waals surface area contributed by atoms with Crippen LogP contribution in [-0.4, -0.2) is 31.8 Å². The van der Waals surface area contributed by atoms with Crippen LogP contribution in [0, 0.1) is 27.7 Å². The maximum absolute atomic E-state index is 12.6. The van der Waals surface area contributed by atoms with Crippen LogP contribution in [0.3, 0.4) is 0 Å². The predicted molar refractivity (Wildman–Crippen MR) is 123 cm³/mol. The van der Waals surface area contributed by atoms with Crippen LogP contribution in [0.15, 0.2) is 48.5 Å². The summed E-state index contributed by atoms with van der Waals surface area (Å²) in [5, 5.41) is 7.13. The lowest BCUT2D eigenvalue weighted by Crippen LogP contribution is -2.15. The molecule has 0 bridgehead atoms. The van der Waals surface area contributed by atoms with Crippen molar-refractivity contribution in [3.63, 3.8) is 0 Å². The van der Waals surface area contributed by atoms with Crippen LogP contribution < -0.4 is 10.6 Å². The average molecular weight is 426 g/mol. The Balaban J connectivity index is 1.53. The molecule has 0 fully saturated rings. The van der Waals surface area contributed by atoms with Gasteiger partial charge in [-0.05, 0) is 74.9 Å². The third-order valence-electron chi connectivity index (χ3n) is 4.78. The van der Waals surface area contributed by atoms with Gasteiger partial charge in [0.1, 0.15) is 0 Å². The number of amides is 2. The highest BCUT2D eigenvalue weighted by Gasteiger charge is 2.12. The number of hydrogen-bond donors (Lipinski definition) is 2. The number of anilines is 2. The van der Waals surface area contributed by atoms with Gasteiger partial charge >= 0.3 is 0 Å². The van der Waals surface area contributed by atoms with E-state index in [9.17, 15) is 9.59 Å². The van der Waals surface area contributed by atoms with Gasteiger partial charge < -0.3 is 0 Å². The van der Waals surface area contributed by atoms with Crippen LogP contribution in [0.25, 0.3) is 10.8 Å². The number of aryl methyl sites for hydroxylation is 4. The Morgan fingerprint density at radius 3 is 1.25 bits per heavy atom. The molecule has 4 rings (SSSR count). The van der Waals surface area contributed by atoms with Gasteiger partial charge in [-0.25, -0.2) is 19.9 Å². The molecule has 8 nitrogen and oxygen atoms in total. The Labute approximate surface area is 185 Å². The summed E-state index contributed by atoms with van der Waals surface area (Å²) in [6, 6.07) is 14.2. The highest BCUT2D eigenvalue weighted by atomic mass is 16.2. The van der Waals surface area contributed by atoms with Crippen LogP contribution in [0.2, 0.25) is 0 Å². The maximum Gasteiger partial charge on any atom is 0.258 e. The van der Waals surface area contributed by atoms with Gasteiger partial charge in [0.2, 0.25) is 11.9 Å². The molecule has 0 aliphatic rings. The van der Waals surface area contributed by atoms with Crippen molar-refractivity contribution in [2.75, 3.05) is 10.6 Å². The van der Waals surface area contributed by atoms with Crippen LogP contribution in [0.5, 0.6) is 0 Å². The van der Waals surface area contributed by atoms with E-state index in [2.05, 4.69) is 30.6 Å². The van der Waals surface area contributed by atoms with Gasteiger partial charge in [-0.2, -0.15) is 0 Å². The molecule has 4 aromatic rings. The maximum atomic E-state index is 12.6. The molecule has 2 N–H and O–H groups in total. The van der Waals surface area contributed by atoms with E-state index in [0.717, 1.165) is 33.5 Å². The van der Waals surface area contributed by atoms with Crippen molar-refractivity contribution >= 4 is 34.5 Å². The van der Waals surface area contributed by atoms with Crippen molar-refractivity contribution < 1.29 is 9.59 Å². The van der Waals surface area contributed by atoms with E-state index in [1.165, 1.54) is 0 Å². The number of hydrogen-bond acceptors (Lipinski definition) is 6. The topological polar surface area (TPSA) is 110 Å². The van der Waals surface area contributed by atoms with E-state index in [0.29, 0.717) is 11.1 Å². The lowest BCUT2D eigenvalue weighted by molar-refractivity contribution is 0.101. The zero-order valence-electron chi connectivity index (χ0n) is 18.2. The molecule has 0 saturated carbocycles. The molecular weight excluding hydrogens is 404 g/mol. The summed E-state index contributed by atoms with van der Waals surface area (Å²) < 4.78 is 0. The molecule has 0 unspecified atom stereocenters. The van der Waals surface area contributed by atoms with Crippen LogP contribution in [0.1, 0.15) is 43.5 Å². The van der Waals surface area contributed by atoms with E-state index in [4.69, 9.17) is 0 Å². The Hall–Kier alpha value is -4.20. The van der Waals surface area contributed by atoms with Crippen molar-refractivity contribution in [2.24, 2.45) is 0 Å². The molecule has 2 heterocycles. The number of nitrogens with zero attached hydrogens (tertiary/aromatic N) is 4. The monoisotopic (exact) mass is 426 g/mol.